The second-order valence-electron chi connectivity index (χ2n) is 7.68. The summed E-state index contributed by atoms with van der Waals surface area (Å²) in [5.41, 5.74) is 2.39. The largest absolute Gasteiger partial charge is 0.345 e. The summed E-state index contributed by atoms with van der Waals surface area (Å²) in [4.78, 5) is 12.9. The predicted octanol–water partition coefficient (Wildman–Crippen LogP) is 3.85. The first kappa shape index (κ1) is 22.3. The van der Waals surface area contributed by atoms with E-state index in [4.69, 9.17) is 11.6 Å². The first-order chi connectivity index (χ1) is 15.2. The number of carbonyl (C=O) groups excluding carboxylic acids is 1. The number of nitrogens with one attached hydrogen (secondary N) is 1. The van der Waals surface area contributed by atoms with E-state index in [-0.39, 0.29) is 21.5 Å². The zero-order valence-electron chi connectivity index (χ0n) is 17.5. The van der Waals surface area contributed by atoms with Crippen LogP contribution in [0, 0.1) is 5.82 Å². The van der Waals surface area contributed by atoms with E-state index in [1.165, 1.54) is 49.5 Å². The van der Waals surface area contributed by atoms with E-state index >= 15 is 0 Å². The number of nitrogens with zero attached hydrogens (tertiary/aromatic N) is 3. The molecule has 2 aromatic carbocycles. The third kappa shape index (κ3) is 4.10. The van der Waals surface area contributed by atoms with Crippen molar-refractivity contribution in [1.29, 1.82) is 0 Å². The zero-order chi connectivity index (χ0) is 23.0. The van der Waals surface area contributed by atoms with Gasteiger partial charge in [0.1, 0.15) is 5.82 Å². The standard InChI is InChI=1S/C22H22ClFN4O3S/c1-27-21-5-3-4-20(18(21)13-25-27)26-22(29)17-12-16(10-11-19(17)23)32(30,31)28(2)15-8-6-14(24)7-9-15/h6-13,20H,3-5H2,1-2H3,(H,26,29). The summed E-state index contributed by atoms with van der Waals surface area (Å²) in [5.74, 6) is -0.928. The molecule has 4 rings (SSSR count). The van der Waals surface area contributed by atoms with Crippen molar-refractivity contribution in [2.45, 2.75) is 30.2 Å². The van der Waals surface area contributed by atoms with Gasteiger partial charge < -0.3 is 5.32 Å². The molecule has 10 heteroatoms. The van der Waals surface area contributed by atoms with Crippen LogP contribution in [0.15, 0.2) is 53.6 Å². The Labute approximate surface area is 190 Å². The molecule has 0 aliphatic heterocycles. The maximum absolute atomic E-state index is 13.2. The van der Waals surface area contributed by atoms with Gasteiger partial charge in [-0.25, -0.2) is 12.8 Å². The highest BCUT2D eigenvalue weighted by atomic mass is 35.5. The number of sulfonamides is 1. The Morgan fingerprint density at radius 3 is 2.69 bits per heavy atom. The number of hydrogen-bond donors (Lipinski definition) is 1. The molecule has 3 aromatic rings. The lowest BCUT2D eigenvalue weighted by molar-refractivity contribution is 0.0932. The van der Waals surface area contributed by atoms with Crippen molar-refractivity contribution in [2.75, 3.05) is 11.4 Å². The fourth-order valence-corrected chi connectivity index (χ4v) is 5.30. The van der Waals surface area contributed by atoms with E-state index in [1.807, 2.05) is 7.05 Å². The molecule has 1 unspecified atom stereocenters. The highest BCUT2D eigenvalue weighted by Crippen LogP contribution is 2.31. The van der Waals surface area contributed by atoms with Gasteiger partial charge in [0.15, 0.2) is 0 Å². The molecule has 1 N–H and O–H groups in total. The smallest absolute Gasteiger partial charge is 0.264 e. The average Bonchev–Trinajstić information content (AvgIpc) is 3.15. The number of benzene rings is 2. The van der Waals surface area contributed by atoms with Gasteiger partial charge in [-0.1, -0.05) is 11.6 Å². The van der Waals surface area contributed by atoms with Crippen molar-refractivity contribution in [1.82, 2.24) is 15.1 Å². The van der Waals surface area contributed by atoms with E-state index in [9.17, 15) is 17.6 Å². The van der Waals surface area contributed by atoms with Gasteiger partial charge in [0.05, 0.1) is 33.4 Å². The molecule has 0 saturated carbocycles. The molecule has 32 heavy (non-hydrogen) atoms. The van der Waals surface area contributed by atoms with Crippen LogP contribution in [0.25, 0.3) is 0 Å². The number of carbonyl (C=O) groups is 1. The molecular weight excluding hydrogens is 455 g/mol. The Morgan fingerprint density at radius 1 is 1.25 bits per heavy atom. The normalized spacial score (nSPS) is 15.8. The third-order valence-electron chi connectivity index (χ3n) is 5.71. The number of hydrogen-bond acceptors (Lipinski definition) is 4. The van der Waals surface area contributed by atoms with Gasteiger partial charge in [0.2, 0.25) is 0 Å². The summed E-state index contributed by atoms with van der Waals surface area (Å²) in [6.45, 7) is 0. The lowest BCUT2D eigenvalue weighted by atomic mass is 9.93. The van der Waals surface area contributed by atoms with Gasteiger partial charge in [0.25, 0.3) is 15.9 Å². The number of amides is 1. The van der Waals surface area contributed by atoms with E-state index < -0.39 is 21.7 Å². The highest BCUT2D eigenvalue weighted by Gasteiger charge is 2.27. The van der Waals surface area contributed by atoms with Crippen molar-refractivity contribution in [3.63, 3.8) is 0 Å². The minimum atomic E-state index is -4.00. The maximum atomic E-state index is 13.2. The molecule has 1 aliphatic carbocycles. The van der Waals surface area contributed by atoms with Crippen molar-refractivity contribution in [3.05, 3.63) is 76.3 Å². The lowest BCUT2D eigenvalue weighted by Crippen LogP contribution is -2.31. The quantitative estimate of drug-likeness (QED) is 0.606. The van der Waals surface area contributed by atoms with Crippen LogP contribution in [0.2, 0.25) is 5.02 Å². The van der Waals surface area contributed by atoms with E-state index in [0.29, 0.717) is 5.69 Å². The lowest BCUT2D eigenvalue weighted by Gasteiger charge is -2.24. The Balaban J connectivity index is 1.61. The monoisotopic (exact) mass is 476 g/mol. The van der Waals surface area contributed by atoms with Crippen LogP contribution in [0.4, 0.5) is 10.1 Å². The molecule has 1 aliphatic rings. The van der Waals surface area contributed by atoms with Gasteiger partial charge in [0, 0.05) is 25.4 Å². The van der Waals surface area contributed by atoms with Crippen LogP contribution in [0.5, 0.6) is 0 Å². The van der Waals surface area contributed by atoms with Crippen molar-refractivity contribution in [3.8, 4) is 0 Å². The molecule has 1 heterocycles. The van der Waals surface area contributed by atoms with Gasteiger partial charge in [-0.3, -0.25) is 13.8 Å². The van der Waals surface area contributed by atoms with Crippen LogP contribution >= 0.6 is 11.6 Å². The number of aromatic nitrogens is 2. The van der Waals surface area contributed by atoms with Crippen molar-refractivity contribution in [2.24, 2.45) is 7.05 Å². The van der Waals surface area contributed by atoms with Crippen LogP contribution in [0.1, 0.15) is 40.5 Å². The minimum Gasteiger partial charge on any atom is -0.345 e. The van der Waals surface area contributed by atoms with Crippen LogP contribution in [0.3, 0.4) is 0 Å². The van der Waals surface area contributed by atoms with E-state index in [1.54, 1.807) is 10.9 Å². The predicted molar refractivity (Wildman–Crippen MR) is 120 cm³/mol. The number of fused-ring (bicyclic) bond motifs is 1. The van der Waals surface area contributed by atoms with Gasteiger partial charge in [-0.05, 0) is 61.7 Å². The molecule has 1 aromatic heterocycles. The second kappa shape index (κ2) is 8.55. The number of rotatable bonds is 5. The zero-order valence-corrected chi connectivity index (χ0v) is 19.1. The molecule has 0 spiro atoms. The molecule has 0 bridgehead atoms. The Kier molecular flexibility index (Phi) is 5.96. The van der Waals surface area contributed by atoms with Crippen molar-refractivity contribution >= 4 is 33.2 Å². The topological polar surface area (TPSA) is 84.3 Å². The minimum absolute atomic E-state index is 0.0660. The average molecular weight is 477 g/mol. The second-order valence-corrected chi connectivity index (χ2v) is 10.1. The Bertz CT molecular complexity index is 1270. The summed E-state index contributed by atoms with van der Waals surface area (Å²) >= 11 is 6.25. The van der Waals surface area contributed by atoms with E-state index in [2.05, 4.69) is 10.4 Å². The molecule has 0 saturated heterocycles. The molecule has 7 nitrogen and oxygen atoms in total. The SMILES string of the molecule is CN(c1ccc(F)cc1)S(=O)(=O)c1ccc(Cl)c(C(=O)NC2CCCc3c2cnn3C)c1. The van der Waals surface area contributed by atoms with Crippen LogP contribution < -0.4 is 9.62 Å². The fraction of sp³-hybridized carbons (Fsp3) is 0.273. The summed E-state index contributed by atoms with van der Waals surface area (Å²) in [5, 5.41) is 7.39. The van der Waals surface area contributed by atoms with Gasteiger partial charge in [-0.2, -0.15) is 5.10 Å². The number of anilines is 1. The van der Waals surface area contributed by atoms with Crippen LogP contribution in [-0.4, -0.2) is 31.2 Å². The fourth-order valence-electron chi connectivity index (χ4n) is 3.88. The van der Waals surface area contributed by atoms with Gasteiger partial charge >= 0.3 is 0 Å². The summed E-state index contributed by atoms with van der Waals surface area (Å²) in [6.07, 6.45) is 4.30. The summed E-state index contributed by atoms with van der Waals surface area (Å²) in [7, 11) is -0.766. The van der Waals surface area contributed by atoms with Crippen molar-refractivity contribution < 1.29 is 17.6 Å². The molecule has 1 atom stereocenters. The molecular formula is C22H22ClFN4O3S. The summed E-state index contributed by atoms with van der Waals surface area (Å²) in [6, 6.07) is 8.86. The Hall–Kier alpha value is -2.91. The molecule has 0 radical (unpaired) electrons. The van der Waals surface area contributed by atoms with Crippen LogP contribution in [-0.2, 0) is 23.5 Å². The van der Waals surface area contributed by atoms with E-state index in [0.717, 1.165) is 34.8 Å². The first-order valence-electron chi connectivity index (χ1n) is 10.0. The van der Waals surface area contributed by atoms with Gasteiger partial charge in [-0.15, -0.1) is 0 Å². The molecule has 1 amide bonds. The molecule has 0 fully saturated rings. The highest BCUT2D eigenvalue weighted by molar-refractivity contribution is 7.92. The third-order valence-corrected chi connectivity index (χ3v) is 7.82. The molecule has 168 valence electrons. The maximum Gasteiger partial charge on any atom is 0.264 e. The number of aryl methyl sites for hydroxylation is 1. The summed E-state index contributed by atoms with van der Waals surface area (Å²) < 4.78 is 42.3. The first-order valence-corrected chi connectivity index (χ1v) is 11.9. The number of halogens is 2. The Morgan fingerprint density at radius 2 is 1.97 bits per heavy atom.